The van der Waals surface area contributed by atoms with Crippen molar-refractivity contribution in [2.75, 3.05) is 0 Å². The van der Waals surface area contributed by atoms with Gasteiger partial charge < -0.3 is 4.74 Å². The summed E-state index contributed by atoms with van der Waals surface area (Å²) in [4.78, 5) is 24.4. The fraction of sp³-hybridized carbons (Fsp3) is 0.882. The normalized spacial score (nSPS) is 22.0. The number of ketones is 1. The van der Waals surface area contributed by atoms with Gasteiger partial charge in [0.2, 0.25) is 0 Å². The molecular weight excluding hydrogens is 332 g/mol. The summed E-state index contributed by atoms with van der Waals surface area (Å²) in [6, 6.07) is 0. The Morgan fingerprint density at radius 2 is 1.50 bits per heavy atom. The Labute approximate surface area is 144 Å². The van der Waals surface area contributed by atoms with Crippen molar-refractivity contribution in [3.8, 4) is 0 Å². The number of hydrogen-bond acceptors (Lipinski definition) is 5. The molecule has 0 bridgehead atoms. The Morgan fingerprint density at radius 1 is 0.958 bits per heavy atom. The van der Waals surface area contributed by atoms with Crippen LogP contribution in [0.4, 0.5) is 0 Å². The Hall–Kier alpha value is -0.950. The van der Waals surface area contributed by atoms with E-state index >= 15 is 0 Å². The number of carbonyl (C=O) groups is 2. The lowest BCUT2D eigenvalue weighted by atomic mass is 9.85. The third kappa shape index (κ3) is 6.16. The van der Waals surface area contributed by atoms with Gasteiger partial charge in [-0.2, -0.15) is 8.42 Å². The van der Waals surface area contributed by atoms with Crippen molar-refractivity contribution in [1.82, 2.24) is 0 Å². The molecule has 2 saturated carbocycles. The zero-order valence-electron chi connectivity index (χ0n) is 14.1. The summed E-state index contributed by atoms with van der Waals surface area (Å²) >= 11 is 0. The third-order valence-corrected chi connectivity index (χ3v) is 6.19. The van der Waals surface area contributed by atoms with Crippen LogP contribution in [0.5, 0.6) is 0 Å². The van der Waals surface area contributed by atoms with Gasteiger partial charge in [-0.15, -0.1) is 0 Å². The highest BCUT2D eigenvalue weighted by Gasteiger charge is 2.36. The van der Waals surface area contributed by atoms with Gasteiger partial charge in [0.25, 0.3) is 10.1 Å². The Balaban J connectivity index is 1.91. The van der Waals surface area contributed by atoms with E-state index in [4.69, 9.17) is 4.74 Å². The SMILES string of the molecule is O=C(CC1CCCCC1)CC(C(=O)OC1CCCCC1)S(=O)(=O)O. The molecule has 0 amide bonds. The maximum atomic E-state index is 12.2. The van der Waals surface area contributed by atoms with Crippen LogP contribution in [-0.2, 0) is 24.4 Å². The van der Waals surface area contributed by atoms with Gasteiger partial charge in [-0.05, 0) is 31.6 Å². The van der Waals surface area contributed by atoms with Gasteiger partial charge in [0, 0.05) is 12.8 Å². The Morgan fingerprint density at radius 3 is 2.04 bits per heavy atom. The molecule has 1 atom stereocenters. The number of rotatable bonds is 7. The van der Waals surface area contributed by atoms with E-state index in [1.54, 1.807) is 0 Å². The van der Waals surface area contributed by atoms with E-state index in [0.29, 0.717) is 12.8 Å². The first-order valence-corrected chi connectivity index (χ1v) is 10.5. The molecule has 0 aromatic carbocycles. The first-order valence-electron chi connectivity index (χ1n) is 9.04. The second-order valence-corrected chi connectivity index (χ2v) is 8.75. The molecule has 6 nitrogen and oxygen atoms in total. The van der Waals surface area contributed by atoms with E-state index in [2.05, 4.69) is 0 Å². The van der Waals surface area contributed by atoms with Gasteiger partial charge in [-0.25, -0.2) is 0 Å². The van der Waals surface area contributed by atoms with E-state index in [9.17, 15) is 22.6 Å². The summed E-state index contributed by atoms with van der Waals surface area (Å²) in [5, 5.41) is -1.78. The highest BCUT2D eigenvalue weighted by molar-refractivity contribution is 7.87. The molecule has 0 heterocycles. The van der Waals surface area contributed by atoms with E-state index in [0.717, 1.165) is 44.9 Å². The summed E-state index contributed by atoms with van der Waals surface area (Å²) < 4.78 is 37.7. The number of carbonyl (C=O) groups excluding carboxylic acids is 2. The monoisotopic (exact) mass is 360 g/mol. The van der Waals surface area contributed by atoms with Crippen molar-refractivity contribution < 1.29 is 27.3 Å². The minimum absolute atomic E-state index is 0.266. The van der Waals surface area contributed by atoms with E-state index < -0.39 is 27.8 Å². The topological polar surface area (TPSA) is 97.7 Å². The lowest BCUT2D eigenvalue weighted by Gasteiger charge is -2.24. The van der Waals surface area contributed by atoms with Crippen molar-refractivity contribution >= 4 is 21.9 Å². The molecule has 0 radical (unpaired) electrons. The third-order valence-electron chi connectivity index (χ3n) is 5.11. The molecular formula is C17H28O6S. The molecule has 1 N–H and O–H groups in total. The molecule has 2 aliphatic rings. The standard InChI is InChI=1S/C17H28O6S/c18-14(11-13-7-3-1-4-8-13)12-16(24(20,21)22)17(19)23-15-9-5-2-6-10-15/h13,15-16H,1-12H2,(H,20,21,22). The van der Waals surface area contributed by atoms with Crippen LogP contribution in [0, 0.1) is 5.92 Å². The van der Waals surface area contributed by atoms with Crippen molar-refractivity contribution in [3.05, 3.63) is 0 Å². The van der Waals surface area contributed by atoms with Crippen LogP contribution in [0.2, 0.25) is 0 Å². The molecule has 2 fully saturated rings. The van der Waals surface area contributed by atoms with Gasteiger partial charge in [-0.1, -0.05) is 38.5 Å². The molecule has 1 unspecified atom stereocenters. The van der Waals surface area contributed by atoms with Crippen molar-refractivity contribution in [2.24, 2.45) is 5.92 Å². The number of hydrogen-bond donors (Lipinski definition) is 1. The van der Waals surface area contributed by atoms with Crippen LogP contribution in [-0.4, -0.2) is 36.1 Å². The van der Waals surface area contributed by atoms with E-state index in [1.807, 2.05) is 0 Å². The Bertz CT molecular complexity index is 529. The number of Topliss-reactive ketones (excluding diaryl/α,β-unsaturated/α-hetero) is 1. The molecule has 7 heteroatoms. The molecule has 0 aliphatic heterocycles. The first kappa shape index (κ1) is 19.4. The average Bonchev–Trinajstić information content (AvgIpc) is 2.53. The average molecular weight is 360 g/mol. The maximum Gasteiger partial charge on any atom is 0.327 e. The highest BCUT2D eigenvalue weighted by Crippen LogP contribution is 2.28. The molecule has 2 aliphatic carbocycles. The lowest BCUT2D eigenvalue weighted by Crippen LogP contribution is -2.37. The summed E-state index contributed by atoms with van der Waals surface area (Å²) in [5.74, 6) is -1.01. The number of esters is 1. The van der Waals surface area contributed by atoms with Crippen molar-refractivity contribution in [2.45, 2.75) is 88.4 Å². The second-order valence-electron chi connectivity index (χ2n) is 7.15. The summed E-state index contributed by atoms with van der Waals surface area (Å²) in [6.45, 7) is 0. The van der Waals surface area contributed by atoms with Crippen molar-refractivity contribution in [3.63, 3.8) is 0 Å². The maximum absolute atomic E-state index is 12.2. The molecule has 138 valence electrons. The fourth-order valence-electron chi connectivity index (χ4n) is 3.74. The van der Waals surface area contributed by atoms with Crippen LogP contribution < -0.4 is 0 Å². The minimum Gasteiger partial charge on any atom is -0.461 e. The van der Waals surface area contributed by atoms with Gasteiger partial charge in [0.1, 0.15) is 11.9 Å². The second kappa shape index (κ2) is 8.94. The smallest absolute Gasteiger partial charge is 0.327 e. The molecule has 24 heavy (non-hydrogen) atoms. The largest absolute Gasteiger partial charge is 0.461 e. The summed E-state index contributed by atoms with van der Waals surface area (Å²) in [6.07, 6.45) is 9.15. The van der Waals surface area contributed by atoms with Crippen LogP contribution >= 0.6 is 0 Å². The van der Waals surface area contributed by atoms with Crippen molar-refractivity contribution in [1.29, 1.82) is 0 Å². The highest BCUT2D eigenvalue weighted by atomic mass is 32.2. The first-order chi connectivity index (χ1) is 11.4. The van der Waals surface area contributed by atoms with E-state index in [1.165, 1.54) is 6.42 Å². The minimum atomic E-state index is -4.65. The fourth-order valence-corrected chi connectivity index (χ4v) is 4.43. The predicted octanol–water partition coefficient (Wildman–Crippen LogP) is 3.05. The summed E-state index contributed by atoms with van der Waals surface area (Å²) in [5.41, 5.74) is 0. The summed E-state index contributed by atoms with van der Waals surface area (Å²) in [7, 11) is -4.65. The zero-order chi connectivity index (χ0) is 17.6. The van der Waals surface area contributed by atoms with E-state index in [-0.39, 0.29) is 24.2 Å². The zero-order valence-corrected chi connectivity index (χ0v) is 14.9. The predicted molar refractivity (Wildman–Crippen MR) is 89.1 cm³/mol. The van der Waals surface area contributed by atoms with Gasteiger partial charge in [0.15, 0.2) is 5.25 Å². The molecule has 0 saturated heterocycles. The van der Waals surface area contributed by atoms with Crippen LogP contribution in [0.3, 0.4) is 0 Å². The quantitative estimate of drug-likeness (QED) is 0.553. The lowest BCUT2D eigenvalue weighted by molar-refractivity contribution is -0.151. The molecule has 0 spiro atoms. The number of ether oxygens (including phenoxy) is 1. The van der Waals surface area contributed by atoms with Crippen LogP contribution in [0.15, 0.2) is 0 Å². The van der Waals surface area contributed by atoms with Crippen LogP contribution in [0.25, 0.3) is 0 Å². The van der Waals surface area contributed by atoms with Gasteiger partial charge in [0.05, 0.1) is 0 Å². The van der Waals surface area contributed by atoms with Crippen LogP contribution in [0.1, 0.15) is 77.0 Å². The molecule has 0 aromatic rings. The Kier molecular flexibility index (Phi) is 7.22. The molecule has 2 rings (SSSR count). The van der Waals surface area contributed by atoms with Gasteiger partial charge in [-0.3, -0.25) is 14.1 Å². The molecule has 0 aromatic heterocycles. The van der Waals surface area contributed by atoms with Gasteiger partial charge >= 0.3 is 5.97 Å².